The van der Waals surface area contributed by atoms with Crippen molar-refractivity contribution < 1.29 is 19.8 Å². The molecule has 0 aromatic carbocycles. The number of amides is 1. The van der Waals surface area contributed by atoms with Crippen molar-refractivity contribution in [1.82, 2.24) is 9.80 Å². The summed E-state index contributed by atoms with van der Waals surface area (Å²) < 4.78 is 0. The smallest absolute Gasteiger partial charge is 0.304 e. The summed E-state index contributed by atoms with van der Waals surface area (Å²) in [5.41, 5.74) is 0. The predicted octanol–water partition coefficient (Wildman–Crippen LogP) is 0.156. The first-order valence-corrected chi connectivity index (χ1v) is 6.89. The SMILES string of the molecule is CC(O)CN(CCC(=O)O)CC(=O)N1CCCCC1. The third-order valence-corrected chi connectivity index (χ3v) is 3.23. The van der Waals surface area contributed by atoms with E-state index in [4.69, 9.17) is 5.11 Å². The van der Waals surface area contributed by atoms with Crippen LogP contribution in [0.25, 0.3) is 0 Å². The minimum absolute atomic E-state index is 0.0139. The summed E-state index contributed by atoms with van der Waals surface area (Å²) in [7, 11) is 0. The number of piperidine rings is 1. The highest BCUT2D eigenvalue weighted by Gasteiger charge is 2.20. The van der Waals surface area contributed by atoms with Crippen LogP contribution in [0.15, 0.2) is 0 Å². The van der Waals surface area contributed by atoms with Gasteiger partial charge in [-0.15, -0.1) is 0 Å². The molecule has 0 radical (unpaired) electrons. The Balaban J connectivity index is 2.44. The first-order valence-electron chi connectivity index (χ1n) is 6.89. The molecule has 1 aliphatic heterocycles. The lowest BCUT2D eigenvalue weighted by Gasteiger charge is -2.30. The molecule has 0 aromatic heterocycles. The van der Waals surface area contributed by atoms with E-state index in [0.717, 1.165) is 25.9 Å². The maximum Gasteiger partial charge on any atom is 0.304 e. The van der Waals surface area contributed by atoms with Crippen LogP contribution >= 0.6 is 0 Å². The van der Waals surface area contributed by atoms with Crippen molar-refractivity contribution in [3.63, 3.8) is 0 Å². The highest BCUT2D eigenvalue weighted by atomic mass is 16.4. The summed E-state index contributed by atoms with van der Waals surface area (Å²) in [5, 5.41) is 18.1. The van der Waals surface area contributed by atoms with Gasteiger partial charge in [-0.2, -0.15) is 0 Å². The van der Waals surface area contributed by atoms with Crippen LogP contribution in [0.4, 0.5) is 0 Å². The van der Waals surface area contributed by atoms with E-state index in [9.17, 15) is 14.7 Å². The number of carboxylic acids is 1. The van der Waals surface area contributed by atoms with Crippen molar-refractivity contribution in [2.24, 2.45) is 0 Å². The fourth-order valence-corrected chi connectivity index (χ4v) is 2.30. The van der Waals surface area contributed by atoms with Crippen LogP contribution < -0.4 is 0 Å². The molecule has 0 saturated carbocycles. The summed E-state index contributed by atoms with van der Waals surface area (Å²) in [5.74, 6) is -0.855. The Hall–Kier alpha value is -1.14. The molecule has 0 bridgehead atoms. The number of carbonyl (C=O) groups excluding carboxylic acids is 1. The molecule has 0 aromatic rings. The fourth-order valence-electron chi connectivity index (χ4n) is 2.30. The van der Waals surface area contributed by atoms with E-state index in [0.29, 0.717) is 13.1 Å². The van der Waals surface area contributed by atoms with Gasteiger partial charge >= 0.3 is 5.97 Å². The van der Waals surface area contributed by atoms with E-state index in [-0.39, 0.29) is 18.9 Å². The monoisotopic (exact) mass is 272 g/mol. The normalized spacial score (nSPS) is 17.5. The van der Waals surface area contributed by atoms with Crippen LogP contribution in [0.1, 0.15) is 32.6 Å². The van der Waals surface area contributed by atoms with Gasteiger partial charge in [0, 0.05) is 26.2 Å². The average molecular weight is 272 g/mol. The molecule has 1 unspecified atom stereocenters. The number of carboxylic acid groups (broad SMARTS) is 1. The summed E-state index contributed by atoms with van der Waals surface area (Å²) in [4.78, 5) is 26.2. The van der Waals surface area contributed by atoms with Crippen LogP contribution in [0.3, 0.4) is 0 Å². The number of rotatable bonds is 7. The number of aliphatic hydroxyl groups is 1. The van der Waals surface area contributed by atoms with Gasteiger partial charge in [-0.1, -0.05) is 0 Å². The second-order valence-corrected chi connectivity index (χ2v) is 5.17. The quantitative estimate of drug-likeness (QED) is 0.690. The molecule has 6 nitrogen and oxygen atoms in total. The zero-order valence-corrected chi connectivity index (χ0v) is 11.5. The third-order valence-electron chi connectivity index (χ3n) is 3.23. The van der Waals surface area contributed by atoms with Crippen molar-refractivity contribution in [3.05, 3.63) is 0 Å². The highest BCUT2D eigenvalue weighted by molar-refractivity contribution is 5.78. The standard InChI is InChI=1S/C13H24N2O4/c1-11(16)9-14(8-5-13(18)19)10-12(17)15-6-3-2-4-7-15/h11,16H,2-10H2,1H3,(H,18,19). The molecule has 19 heavy (non-hydrogen) atoms. The zero-order chi connectivity index (χ0) is 14.3. The summed E-state index contributed by atoms with van der Waals surface area (Å²) in [6, 6.07) is 0. The summed E-state index contributed by atoms with van der Waals surface area (Å²) >= 11 is 0. The lowest BCUT2D eigenvalue weighted by atomic mass is 10.1. The molecule has 1 amide bonds. The minimum Gasteiger partial charge on any atom is -0.481 e. The maximum absolute atomic E-state index is 12.1. The molecule has 6 heteroatoms. The van der Waals surface area contributed by atoms with Crippen LogP contribution in [0.5, 0.6) is 0 Å². The van der Waals surface area contributed by atoms with Gasteiger partial charge in [-0.05, 0) is 26.2 Å². The molecule has 2 N–H and O–H groups in total. The van der Waals surface area contributed by atoms with Gasteiger partial charge < -0.3 is 15.1 Å². The van der Waals surface area contributed by atoms with Crippen molar-refractivity contribution in [3.8, 4) is 0 Å². The molecule has 1 saturated heterocycles. The molecule has 0 aliphatic carbocycles. The molecule has 0 spiro atoms. The first kappa shape index (κ1) is 15.9. The molecule has 1 aliphatic rings. The Morgan fingerprint density at radius 2 is 1.89 bits per heavy atom. The fraction of sp³-hybridized carbons (Fsp3) is 0.846. The molecule has 110 valence electrons. The molecule has 1 heterocycles. The number of nitrogens with zero attached hydrogens (tertiary/aromatic N) is 2. The van der Waals surface area contributed by atoms with Gasteiger partial charge in [0.1, 0.15) is 0 Å². The number of aliphatic hydroxyl groups excluding tert-OH is 1. The zero-order valence-electron chi connectivity index (χ0n) is 11.5. The number of hydrogen-bond donors (Lipinski definition) is 2. The first-order chi connectivity index (χ1) is 8.99. The Labute approximate surface area is 114 Å². The van der Waals surface area contributed by atoms with Crippen LogP contribution in [0.2, 0.25) is 0 Å². The second kappa shape index (κ2) is 8.12. The van der Waals surface area contributed by atoms with Crippen molar-refractivity contribution in [2.75, 3.05) is 32.7 Å². The number of hydrogen-bond acceptors (Lipinski definition) is 4. The average Bonchev–Trinajstić information content (AvgIpc) is 2.36. The van der Waals surface area contributed by atoms with Gasteiger partial charge in [-0.3, -0.25) is 14.5 Å². The lowest BCUT2D eigenvalue weighted by molar-refractivity contribution is -0.139. The number of aliphatic carboxylic acids is 1. The van der Waals surface area contributed by atoms with Gasteiger partial charge in [-0.25, -0.2) is 0 Å². The Kier molecular flexibility index (Phi) is 6.80. The molecule has 1 fully saturated rings. The van der Waals surface area contributed by atoms with Crippen LogP contribution in [-0.2, 0) is 9.59 Å². The van der Waals surface area contributed by atoms with E-state index in [1.54, 1.807) is 11.8 Å². The van der Waals surface area contributed by atoms with Crippen molar-refractivity contribution in [1.29, 1.82) is 0 Å². The van der Waals surface area contributed by atoms with Crippen molar-refractivity contribution in [2.45, 2.75) is 38.7 Å². The number of carbonyl (C=O) groups is 2. The Morgan fingerprint density at radius 1 is 1.26 bits per heavy atom. The number of likely N-dealkylation sites (tertiary alicyclic amines) is 1. The van der Waals surface area contributed by atoms with Crippen molar-refractivity contribution >= 4 is 11.9 Å². The van der Waals surface area contributed by atoms with Gasteiger partial charge in [0.05, 0.1) is 19.1 Å². The minimum atomic E-state index is -0.888. The predicted molar refractivity (Wildman–Crippen MR) is 70.8 cm³/mol. The van der Waals surface area contributed by atoms with Gasteiger partial charge in [0.2, 0.25) is 5.91 Å². The maximum atomic E-state index is 12.1. The van der Waals surface area contributed by atoms with E-state index in [1.165, 1.54) is 6.42 Å². The van der Waals surface area contributed by atoms with Crippen LogP contribution in [-0.4, -0.2) is 70.7 Å². The largest absolute Gasteiger partial charge is 0.481 e. The molecular weight excluding hydrogens is 248 g/mol. The summed E-state index contributed by atoms with van der Waals surface area (Å²) in [6.45, 7) is 4.03. The summed E-state index contributed by atoms with van der Waals surface area (Å²) in [6.07, 6.45) is 2.66. The lowest BCUT2D eigenvalue weighted by Crippen LogP contribution is -2.45. The molecule has 1 rings (SSSR count). The Morgan fingerprint density at radius 3 is 2.42 bits per heavy atom. The highest BCUT2D eigenvalue weighted by Crippen LogP contribution is 2.09. The second-order valence-electron chi connectivity index (χ2n) is 5.17. The Bertz CT molecular complexity index is 301. The van der Waals surface area contributed by atoms with E-state index in [1.807, 2.05) is 4.90 Å². The van der Waals surface area contributed by atoms with E-state index < -0.39 is 12.1 Å². The molecule has 1 atom stereocenters. The van der Waals surface area contributed by atoms with Crippen LogP contribution in [0, 0.1) is 0 Å². The van der Waals surface area contributed by atoms with E-state index >= 15 is 0 Å². The van der Waals surface area contributed by atoms with E-state index in [2.05, 4.69) is 0 Å². The topological polar surface area (TPSA) is 81.1 Å². The third kappa shape index (κ3) is 6.54. The molecular formula is C13H24N2O4. The van der Waals surface area contributed by atoms with Gasteiger partial charge in [0.15, 0.2) is 0 Å². The van der Waals surface area contributed by atoms with Gasteiger partial charge in [0.25, 0.3) is 0 Å².